The summed E-state index contributed by atoms with van der Waals surface area (Å²) in [5.41, 5.74) is 5.28. The van der Waals surface area contributed by atoms with Crippen molar-refractivity contribution in [2.75, 3.05) is 22.9 Å². The lowest BCUT2D eigenvalue weighted by atomic mass is 9.84. The minimum absolute atomic E-state index is 0.0798. The summed E-state index contributed by atoms with van der Waals surface area (Å²) in [4.78, 5) is 36.5. The van der Waals surface area contributed by atoms with Crippen LogP contribution in [-0.2, 0) is 15.0 Å². The van der Waals surface area contributed by atoms with Crippen LogP contribution in [-0.4, -0.2) is 46.8 Å². The molecule has 2 amide bonds. The van der Waals surface area contributed by atoms with Crippen molar-refractivity contribution in [3.05, 3.63) is 95.6 Å². The van der Waals surface area contributed by atoms with Crippen LogP contribution in [0.15, 0.2) is 78.9 Å². The molecule has 206 valence electrons. The number of rotatable bonds is 4. The summed E-state index contributed by atoms with van der Waals surface area (Å²) >= 11 is 0. The number of fused-ring (bicyclic) bond motifs is 2. The summed E-state index contributed by atoms with van der Waals surface area (Å²) in [6, 6.07) is 27.0. The molecule has 3 aromatic rings. The summed E-state index contributed by atoms with van der Waals surface area (Å²) < 4.78 is 0. The average molecular weight is 535 g/mol. The Kier molecular flexibility index (Phi) is 6.09. The Morgan fingerprint density at radius 2 is 1.05 bits per heavy atom. The smallest absolute Gasteiger partial charge is 0.246 e. The van der Waals surface area contributed by atoms with Crippen LogP contribution in [0.5, 0.6) is 0 Å². The fraction of sp³-hybridized carbons (Fsp3) is 0.412. The standard InChI is InChI=1S/C34H38N4O2/c1-34(2,3)25-21-23(30-35-18-10-16-28(35)32(39)37(30)26-12-6-4-7-13-26)20-24(22-25)31-36-19-11-17-29(36)33(40)38(31)27-14-8-5-9-15-27/h4-9,12-15,20-22,28-31H,10-11,16-19H2,1-3H3/t28-,29-,30-,31-/m0/s1. The van der Waals surface area contributed by atoms with Crippen molar-refractivity contribution in [2.24, 2.45) is 0 Å². The maximum absolute atomic E-state index is 13.8. The molecule has 0 unspecified atom stereocenters. The summed E-state index contributed by atoms with van der Waals surface area (Å²) in [6.45, 7) is 8.56. The normalized spacial score (nSPS) is 27.1. The SMILES string of the molecule is CC(C)(C)c1cc([C@@H]2N(c3ccccc3)C(=O)[C@@H]3CCCN23)cc([C@@H]2N(c3ccccc3)C(=O)[C@@H]3CCCN23)c1. The first-order valence-corrected chi connectivity index (χ1v) is 14.8. The zero-order chi connectivity index (χ0) is 27.6. The number of amides is 2. The van der Waals surface area contributed by atoms with Gasteiger partial charge in [0.15, 0.2) is 0 Å². The Morgan fingerprint density at radius 1 is 0.625 bits per heavy atom. The molecule has 0 bridgehead atoms. The van der Waals surface area contributed by atoms with E-state index < -0.39 is 0 Å². The number of nitrogens with zero attached hydrogens (tertiary/aromatic N) is 4. The lowest BCUT2D eigenvalue weighted by molar-refractivity contribution is -0.120. The summed E-state index contributed by atoms with van der Waals surface area (Å²) in [7, 11) is 0. The molecule has 7 rings (SSSR count). The van der Waals surface area contributed by atoms with Gasteiger partial charge in [0.05, 0.1) is 12.1 Å². The van der Waals surface area contributed by atoms with Gasteiger partial charge in [0.2, 0.25) is 11.8 Å². The van der Waals surface area contributed by atoms with E-state index in [-0.39, 0.29) is 41.6 Å². The van der Waals surface area contributed by atoms with Crippen molar-refractivity contribution in [1.82, 2.24) is 9.80 Å². The minimum Gasteiger partial charge on any atom is -0.291 e. The van der Waals surface area contributed by atoms with Crippen LogP contribution in [0.4, 0.5) is 11.4 Å². The number of carbonyl (C=O) groups is 2. The molecule has 40 heavy (non-hydrogen) atoms. The highest BCUT2D eigenvalue weighted by Gasteiger charge is 2.52. The van der Waals surface area contributed by atoms with Crippen LogP contribution in [0.25, 0.3) is 0 Å². The van der Waals surface area contributed by atoms with Gasteiger partial charge in [-0.2, -0.15) is 0 Å². The molecule has 4 saturated heterocycles. The Balaban J connectivity index is 1.40. The highest BCUT2D eigenvalue weighted by molar-refractivity contribution is 6.01. The second kappa shape index (κ2) is 9.57. The molecular formula is C34H38N4O2. The van der Waals surface area contributed by atoms with Crippen LogP contribution in [0, 0.1) is 0 Å². The first kappa shape index (κ1) is 25.5. The van der Waals surface area contributed by atoms with E-state index in [1.165, 1.54) is 5.56 Å². The molecule has 4 fully saturated rings. The molecule has 6 heteroatoms. The van der Waals surface area contributed by atoms with E-state index in [0.29, 0.717) is 0 Å². The second-order valence-corrected chi connectivity index (χ2v) is 12.8. The van der Waals surface area contributed by atoms with Crippen molar-refractivity contribution in [3.8, 4) is 0 Å². The molecule has 0 saturated carbocycles. The maximum atomic E-state index is 13.8. The van der Waals surface area contributed by atoms with E-state index >= 15 is 0 Å². The van der Waals surface area contributed by atoms with Crippen molar-refractivity contribution in [2.45, 2.75) is 76.3 Å². The largest absolute Gasteiger partial charge is 0.291 e. The van der Waals surface area contributed by atoms with E-state index in [1.807, 2.05) is 70.5 Å². The van der Waals surface area contributed by atoms with Gasteiger partial charge in [-0.3, -0.25) is 29.2 Å². The van der Waals surface area contributed by atoms with E-state index in [0.717, 1.165) is 61.3 Å². The number of hydrogen-bond donors (Lipinski definition) is 0. The first-order valence-electron chi connectivity index (χ1n) is 14.8. The van der Waals surface area contributed by atoms with Crippen molar-refractivity contribution in [3.63, 3.8) is 0 Å². The van der Waals surface area contributed by atoms with Crippen LogP contribution >= 0.6 is 0 Å². The van der Waals surface area contributed by atoms with Crippen molar-refractivity contribution in [1.29, 1.82) is 0 Å². The molecule has 4 aliphatic heterocycles. The van der Waals surface area contributed by atoms with Gasteiger partial charge in [0.25, 0.3) is 0 Å². The molecular weight excluding hydrogens is 496 g/mol. The predicted octanol–water partition coefficient (Wildman–Crippen LogP) is 6.00. The summed E-state index contributed by atoms with van der Waals surface area (Å²) in [5, 5.41) is 0. The molecule has 4 heterocycles. The lowest BCUT2D eigenvalue weighted by Gasteiger charge is -2.34. The van der Waals surface area contributed by atoms with Crippen LogP contribution in [0.2, 0.25) is 0 Å². The highest BCUT2D eigenvalue weighted by atomic mass is 16.2. The molecule has 6 nitrogen and oxygen atoms in total. The number of carbonyl (C=O) groups excluding carboxylic acids is 2. The summed E-state index contributed by atoms with van der Waals surface area (Å²) in [6.07, 6.45) is 3.54. The minimum atomic E-state index is -0.167. The highest BCUT2D eigenvalue weighted by Crippen LogP contribution is 2.47. The topological polar surface area (TPSA) is 47.1 Å². The van der Waals surface area contributed by atoms with Crippen molar-refractivity contribution >= 4 is 23.2 Å². The fourth-order valence-electron chi connectivity index (χ4n) is 7.36. The van der Waals surface area contributed by atoms with Gasteiger partial charge in [-0.05, 0) is 78.1 Å². The fourth-order valence-corrected chi connectivity index (χ4v) is 7.36. The monoisotopic (exact) mass is 534 g/mol. The summed E-state index contributed by atoms with van der Waals surface area (Å²) in [5.74, 6) is 0.385. The molecule has 4 atom stereocenters. The van der Waals surface area contributed by atoms with E-state index in [9.17, 15) is 9.59 Å². The van der Waals surface area contributed by atoms with Crippen molar-refractivity contribution < 1.29 is 9.59 Å². The second-order valence-electron chi connectivity index (χ2n) is 12.8. The lowest BCUT2D eigenvalue weighted by Crippen LogP contribution is -2.34. The quantitative estimate of drug-likeness (QED) is 0.412. The van der Waals surface area contributed by atoms with E-state index in [1.54, 1.807) is 0 Å². The third kappa shape index (κ3) is 4.00. The zero-order valence-electron chi connectivity index (χ0n) is 23.7. The van der Waals surface area contributed by atoms with Gasteiger partial charge in [-0.15, -0.1) is 0 Å². The molecule has 3 aromatic carbocycles. The number of hydrogen-bond acceptors (Lipinski definition) is 4. The molecule has 0 aromatic heterocycles. The molecule has 0 radical (unpaired) electrons. The average Bonchev–Trinajstić information content (AvgIpc) is 3.73. The number of anilines is 2. The third-order valence-corrected chi connectivity index (χ3v) is 9.26. The molecule has 0 spiro atoms. The number of benzene rings is 3. The Morgan fingerprint density at radius 3 is 1.45 bits per heavy atom. The molecule has 4 aliphatic rings. The predicted molar refractivity (Wildman–Crippen MR) is 158 cm³/mol. The maximum Gasteiger partial charge on any atom is 0.246 e. The van der Waals surface area contributed by atoms with Gasteiger partial charge in [-0.25, -0.2) is 0 Å². The van der Waals surface area contributed by atoms with Gasteiger partial charge >= 0.3 is 0 Å². The molecule has 0 N–H and O–H groups in total. The number of para-hydroxylation sites is 2. The van der Waals surface area contributed by atoms with Crippen LogP contribution in [0.1, 0.15) is 75.5 Å². The third-order valence-electron chi connectivity index (χ3n) is 9.26. The first-order chi connectivity index (χ1) is 19.3. The molecule has 0 aliphatic carbocycles. The van der Waals surface area contributed by atoms with E-state index in [2.05, 4.69) is 48.8 Å². The van der Waals surface area contributed by atoms with Gasteiger partial charge in [0.1, 0.15) is 12.3 Å². The zero-order valence-corrected chi connectivity index (χ0v) is 23.7. The Hall–Kier alpha value is -3.48. The van der Waals surface area contributed by atoms with Crippen LogP contribution in [0.3, 0.4) is 0 Å². The van der Waals surface area contributed by atoms with Gasteiger partial charge in [-0.1, -0.05) is 69.3 Å². The van der Waals surface area contributed by atoms with Gasteiger partial charge < -0.3 is 0 Å². The Labute approximate surface area is 237 Å². The Bertz CT molecular complexity index is 1330. The van der Waals surface area contributed by atoms with E-state index in [4.69, 9.17) is 0 Å². The van der Waals surface area contributed by atoms with Crippen LogP contribution < -0.4 is 9.80 Å². The van der Waals surface area contributed by atoms with Gasteiger partial charge in [0, 0.05) is 24.5 Å².